The summed E-state index contributed by atoms with van der Waals surface area (Å²) >= 11 is 0. The third kappa shape index (κ3) is 2.59. The highest BCUT2D eigenvalue weighted by atomic mass is 16.5. The van der Waals surface area contributed by atoms with Crippen LogP contribution in [-0.2, 0) is 0 Å². The van der Waals surface area contributed by atoms with Gasteiger partial charge < -0.3 is 9.15 Å². The lowest BCUT2D eigenvalue weighted by molar-refractivity contribution is 0.414. The summed E-state index contributed by atoms with van der Waals surface area (Å²) in [5, 5.41) is 1.08. The van der Waals surface area contributed by atoms with Crippen LogP contribution in [0.1, 0.15) is 16.9 Å². The standard InChI is InChI=1S/C18H16O2/c1-13-3-5-14(6-4-13)7-9-17-11-15-8-10-16(19-2)12-18(15)20-17/h3-12H,1-2H3/b9-7+. The second kappa shape index (κ2) is 5.25. The molecule has 2 nitrogen and oxygen atoms in total. The van der Waals surface area contributed by atoms with Crippen LogP contribution in [0, 0.1) is 6.92 Å². The number of ether oxygens (including phenoxy) is 1. The number of aryl methyl sites for hydroxylation is 1. The van der Waals surface area contributed by atoms with Crippen LogP contribution in [0.5, 0.6) is 5.75 Å². The molecule has 0 saturated heterocycles. The number of fused-ring (bicyclic) bond motifs is 1. The molecule has 1 heterocycles. The van der Waals surface area contributed by atoms with Crippen molar-refractivity contribution in [3.05, 3.63) is 65.4 Å². The summed E-state index contributed by atoms with van der Waals surface area (Å²) in [5.41, 5.74) is 3.26. The minimum atomic E-state index is 0.806. The first kappa shape index (κ1) is 12.5. The minimum absolute atomic E-state index is 0.806. The van der Waals surface area contributed by atoms with Crippen LogP contribution in [0.4, 0.5) is 0 Å². The average molecular weight is 264 g/mol. The molecule has 0 amide bonds. The lowest BCUT2D eigenvalue weighted by Gasteiger charge is -1.96. The first-order valence-electron chi connectivity index (χ1n) is 6.57. The monoisotopic (exact) mass is 264 g/mol. The normalized spacial score (nSPS) is 11.3. The van der Waals surface area contributed by atoms with Crippen molar-refractivity contribution in [3.8, 4) is 5.75 Å². The molecule has 0 spiro atoms. The van der Waals surface area contributed by atoms with Crippen LogP contribution in [0.25, 0.3) is 23.1 Å². The summed E-state index contributed by atoms with van der Waals surface area (Å²) in [6.45, 7) is 2.08. The third-order valence-corrected chi connectivity index (χ3v) is 3.26. The maximum absolute atomic E-state index is 5.79. The Hall–Kier alpha value is -2.48. The molecule has 2 aromatic carbocycles. The number of rotatable bonds is 3. The van der Waals surface area contributed by atoms with Crippen molar-refractivity contribution in [2.75, 3.05) is 7.11 Å². The third-order valence-electron chi connectivity index (χ3n) is 3.26. The largest absolute Gasteiger partial charge is 0.497 e. The molecule has 2 heteroatoms. The predicted molar refractivity (Wildman–Crippen MR) is 82.9 cm³/mol. The Morgan fingerprint density at radius 2 is 1.75 bits per heavy atom. The van der Waals surface area contributed by atoms with Crippen molar-refractivity contribution in [2.45, 2.75) is 6.92 Å². The Morgan fingerprint density at radius 1 is 0.950 bits per heavy atom. The quantitative estimate of drug-likeness (QED) is 0.670. The van der Waals surface area contributed by atoms with Gasteiger partial charge in [-0.15, -0.1) is 0 Å². The Bertz CT molecular complexity index is 749. The van der Waals surface area contributed by atoms with E-state index in [1.165, 1.54) is 5.56 Å². The Morgan fingerprint density at radius 3 is 2.50 bits per heavy atom. The highest BCUT2D eigenvalue weighted by molar-refractivity contribution is 5.82. The lowest BCUT2D eigenvalue weighted by atomic mass is 10.1. The number of benzene rings is 2. The van der Waals surface area contributed by atoms with Gasteiger partial charge in [0.1, 0.15) is 17.1 Å². The molecule has 1 aromatic heterocycles. The molecule has 0 aliphatic rings. The van der Waals surface area contributed by atoms with Gasteiger partial charge in [-0.2, -0.15) is 0 Å². The van der Waals surface area contributed by atoms with Crippen LogP contribution < -0.4 is 4.74 Å². The number of methoxy groups -OCH3 is 1. The molecular formula is C18H16O2. The summed E-state index contributed by atoms with van der Waals surface area (Å²) < 4.78 is 11.0. The van der Waals surface area contributed by atoms with Crippen molar-refractivity contribution >= 4 is 23.1 Å². The van der Waals surface area contributed by atoms with Crippen molar-refractivity contribution in [3.63, 3.8) is 0 Å². The zero-order valence-corrected chi connectivity index (χ0v) is 11.6. The van der Waals surface area contributed by atoms with E-state index in [0.717, 1.165) is 28.0 Å². The molecule has 3 rings (SSSR count). The highest BCUT2D eigenvalue weighted by Crippen LogP contribution is 2.25. The van der Waals surface area contributed by atoms with Crippen LogP contribution in [0.2, 0.25) is 0 Å². The van der Waals surface area contributed by atoms with Crippen LogP contribution in [0.15, 0.2) is 52.9 Å². The fourth-order valence-electron chi connectivity index (χ4n) is 2.10. The second-order valence-electron chi connectivity index (χ2n) is 4.80. The van der Waals surface area contributed by atoms with Gasteiger partial charge in [0.15, 0.2) is 0 Å². The van der Waals surface area contributed by atoms with Gasteiger partial charge >= 0.3 is 0 Å². The van der Waals surface area contributed by atoms with Crippen LogP contribution in [-0.4, -0.2) is 7.11 Å². The van der Waals surface area contributed by atoms with Crippen molar-refractivity contribution < 1.29 is 9.15 Å². The summed E-state index contributed by atoms with van der Waals surface area (Å²) in [5.74, 6) is 1.65. The molecule has 0 saturated carbocycles. The SMILES string of the molecule is COc1ccc2cc(/C=C/c3ccc(C)cc3)oc2c1. The van der Waals surface area contributed by atoms with E-state index in [1.807, 2.05) is 36.4 Å². The van der Waals surface area contributed by atoms with E-state index in [1.54, 1.807) is 7.11 Å². The van der Waals surface area contributed by atoms with Gasteiger partial charge in [-0.25, -0.2) is 0 Å². The molecule has 0 fully saturated rings. The van der Waals surface area contributed by atoms with E-state index in [4.69, 9.17) is 9.15 Å². The molecule has 0 radical (unpaired) electrons. The van der Waals surface area contributed by atoms with E-state index >= 15 is 0 Å². The predicted octanol–water partition coefficient (Wildman–Crippen LogP) is 4.92. The number of hydrogen-bond donors (Lipinski definition) is 0. The molecule has 0 N–H and O–H groups in total. The van der Waals surface area contributed by atoms with Gasteiger partial charge in [0.25, 0.3) is 0 Å². The van der Waals surface area contributed by atoms with E-state index in [9.17, 15) is 0 Å². The van der Waals surface area contributed by atoms with Gasteiger partial charge in [0.05, 0.1) is 7.11 Å². The van der Waals surface area contributed by atoms with Crippen molar-refractivity contribution in [1.29, 1.82) is 0 Å². The van der Waals surface area contributed by atoms with E-state index in [0.29, 0.717) is 0 Å². The lowest BCUT2D eigenvalue weighted by Crippen LogP contribution is -1.79. The summed E-state index contributed by atoms with van der Waals surface area (Å²) in [6, 6.07) is 16.3. The topological polar surface area (TPSA) is 22.4 Å². The Kier molecular flexibility index (Phi) is 3.30. The molecule has 0 atom stereocenters. The van der Waals surface area contributed by atoms with Gasteiger partial charge in [-0.3, -0.25) is 0 Å². The smallest absolute Gasteiger partial charge is 0.138 e. The number of furan rings is 1. The molecular weight excluding hydrogens is 248 g/mol. The minimum Gasteiger partial charge on any atom is -0.497 e. The maximum atomic E-state index is 5.79. The summed E-state index contributed by atoms with van der Waals surface area (Å²) in [4.78, 5) is 0. The zero-order valence-electron chi connectivity index (χ0n) is 11.6. The summed E-state index contributed by atoms with van der Waals surface area (Å²) in [6.07, 6.45) is 4.03. The van der Waals surface area contributed by atoms with E-state index < -0.39 is 0 Å². The molecule has 3 aromatic rings. The zero-order chi connectivity index (χ0) is 13.9. The molecule has 0 bridgehead atoms. The fraction of sp³-hybridized carbons (Fsp3) is 0.111. The van der Waals surface area contributed by atoms with E-state index in [-0.39, 0.29) is 0 Å². The van der Waals surface area contributed by atoms with Gasteiger partial charge in [0, 0.05) is 11.5 Å². The first-order chi connectivity index (χ1) is 9.74. The fourth-order valence-corrected chi connectivity index (χ4v) is 2.10. The number of hydrogen-bond acceptors (Lipinski definition) is 2. The molecule has 0 unspecified atom stereocenters. The van der Waals surface area contributed by atoms with Crippen molar-refractivity contribution in [2.24, 2.45) is 0 Å². The average Bonchev–Trinajstić information content (AvgIpc) is 2.88. The van der Waals surface area contributed by atoms with Gasteiger partial charge in [0.2, 0.25) is 0 Å². The first-order valence-corrected chi connectivity index (χ1v) is 6.57. The van der Waals surface area contributed by atoms with Crippen LogP contribution in [0.3, 0.4) is 0 Å². The van der Waals surface area contributed by atoms with Gasteiger partial charge in [-0.05, 0) is 36.8 Å². The highest BCUT2D eigenvalue weighted by Gasteiger charge is 2.02. The summed E-state index contributed by atoms with van der Waals surface area (Å²) in [7, 11) is 1.66. The molecule has 20 heavy (non-hydrogen) atoms. The van der Waals surface area contributed by atoms with E-state index in [2.05, 4.69) is 31.2 Å². The molecule has 100 valence electrons. The molecule has 0 aliphatic carbocycles. The van der Waals surface area contributed by atoms with Gasteiger partial charge in [-0.1, -0.05) is 35.9 Å². The second-order valence-corrected chi connectivity index (χ2v) is 4.80. The van der Waals surface area contributed by atoms with Crippen LogP contribution >= 0.6 is 0 Å². The van der Waals surface area contributed by atoms with Crippen molar-refractivity contribution in [1.82, 2.24) is 0 Å². The molecule has 0 aliphatic heterocycles. The Balaban J connectivity index is 1.88. The maximum Gasteiger partial charge on any atom is 0.138 e. The Labute approximate surface area is 118 Å².